The molecule has 0 aliphatic heterocycles. The number of methoxy groups -OCH3 is 1. The first-order valence-electron chi connectivity index (χ1n) is 4.23. The molecule has 1 N–H and O–H groups in total. The zero-order chi connectivity index (χ0) is 12.3. The van der Waals surface area contributed by atoms with E-state index in [-0.39, 0.29) is 16.9 Å². The summed E-state index contributed by atoms with van der Waals surface area (Å²) < 4.78 is 42.3. The van der Waals surface area contributed by atoms with Crippen LogP contribution in [-0.2, 0) is 12.8 Å². The van der Waals surface area contributed by atoms with Gasteiger partial charge in [0.15, 0.2) is 0 Å². The van der Waals surface area contributed by atoms with Gasteiger partial charge in [-0.05, 0) is 17.7 Å². The molecule has 0 fully saturated rings. The Bertz CT molecular complexity index is 435. The molecule has 0 saturated heterocycles. The van der Waals surface area contributed by atoms with E-state index < -0.39 is 18.3 Å². The van der Waals surface area contributed by atoms with Gasteiger partial charge in [-0.3, -0.25) is 0 Å². The predicted octanol–water partition coefficient (Wildman–Crippen LogP) is 2.08. The number of nitriles is 1. The van der Waals surface area contributed by atoms with Gasteiger partial charge in [0.2, 0.25) is 0 Å². The monoisotopic (exact) mass is 231 g/mol. The van der Waals surface area contributed by atoms with Gasteiger partial charge in [0.25, 0.3) is 0 Å². The lowest BCUT2D eigenvalue weighted by Gasteiger charge is -2.13. The highest BCUT2D eigenvalue weighted by molar-refractivity contribution is 5.49. The fourth-order valence-corrected chi connectivity index (χ4v) is 1.27. The third-order valence-electron chi connectivity index (χ3n) is 2.02. The molecular formula is C10H8F3NO2. The molecule has 86 valence electrons. The van der Waals surface area contributed by atoms with Crippen LogP contribution in [-0.4, -0.2) is 12.2 Å². The minimum atomic E-state index is -4.60. The van der Waals surface area contributed by atoms with Gasteiger partial charge in [0, 0.05) is 0 Å². The van der Waals surface area contributed by atoms with Crippen molar-refractivity contribution < 1.29 is 23.0 Å². The molecule has 16 heavy (non-hydrogen) atoms. The first kappa shape index (κ1) is 12.3. The summed E-state index contributed by atoms with van der Waals surface area (Å²) in [4.78, 5) is 0. The highest BCUT2D eigenvalue weighted by atomic mass is 19.4. The Morgan fingerprint density at radius 3 is 2.44 bits per heavy atom. The van der Waals surface area contributed by atoms with Gasteiger partial charge < -0.3 is 9.84 Å². The molecule has 0 atom stereocenters. The summed E-state index contributed by atoms with van der Waals surface area (Å²) in [6.07, 6.45) is -4.60. The molecule has 3 nitrogen and oxygen atoms in total. The lowest BCUT2D eigenvalue weighted by molar-refractivity contribution is -0.138. The first-order chi connectivity index (χ1) is 7.43. The molecule has 0 bridgehead atoms. The van der Waals surface area contributed by atoms with E-state index in [0.717, 1.165) is 6.07 Å². The van der Waals surface area contributed by atoms with Crippen LogP contribution in [0, 0.1) is 11.3 Å². The maximum atomic E-state index is 12.5. The van der Waals surface area contributed by atoms with E-state index in [1.165, 1.54) is 7.11 Å². The van der Waals surface area contributed by atoms with Gasteiger partial charge in [-0.15, -0.1) is 0 Å². The summed E-state index contributed by atoms with van der Waals surface area (Å²) in [5.74, 6) is 0.0135. The fraction of sp³-hybridized carbons (Fsp3) is 0.300. The van der Waals surface area contributed by atoms with Crippen molar-refractivity contribution in [3.8, 4) is 11.8 Å². The van der Waals surface area contributed by atoms with Crippen LogP contribution in [0.15, 0.2) is 12.1 Å². The summed E-state index contributed by atoms with van der Waals surface area (Å²) in [6.45, 7) is -0.767. The van der Waals surface area contributed by atoms with Crippen LogP contribution in [0.1, 0.15) is 16.7 Å². The molecule has 0 heterocycles. The maximum Gasteiger partial charge on any atom is 0.416 e. The van der Waals surface area contributed by atoms with Crippen LogP contribution in [0.2, 0.25) is 0 Å². The number of ether oxygens (including phenoxy) is 1. The third-order valence-corrected chi connectivity index (χ3v) is 2.02. The van der Waals surface area contributed by atoms with Crippen LogP contribution in [0.4, 0.5) is 13.2 Å². The van der Waals surface area contributed by atoms with Crippen molar-refractivity contribution in [2.75, 3.05) is 7.11 Å². The number of hydrogen-bond acceptors (Lipinski definition) is 3. The fourth-order valence-electron chi connectivity index (χ4n) is 1.27. The molecule has 1 aromatic rings. The molecule has 6 heteroatoms. The highest BCUT2D eigenvalue weighted by Crippen LogP contribution is 2.35. The number of rotatable bonds is 2. The average Bonchev–Trinajstić information content (AvgIpc) is 2.25. The predicted molar refractivity (Wildman–Crippen MR) is 48.6 cm³/mol. The van der Waals surface area contributed by atoms with E-state index in [0.29, 0.717) is 6.07 Å². The van der Waals surface area contributed by atoms with Crippen molar-refractivity contribution in [3.05, 3.63) is 28.8 Å². The number of benzene rings is 1. The van der Waals surface area contributed by atoms with Gasteiger partial charge in [-0.1, -0.05) is 0 Å². The van der Waals surface area contributed by atoms with E-state index in [1.807, 2.05) is 0 Å². The van der Waals surface area contributed by atoms with Crippen molar-refractivity contribution in [3.63, 3.8) is 0 Å². The Morgan fingerprint density at radius 2 is 2.06 bits per heavy atom. The largest absolute Gasteiger partial charge is 0.495 e. The standard InChI is InChI=1S/C10H8F3NO2/c1-16-9-3-7(5-15)8(10(11,12)13)2-6(9)4-14/h2-3,15H,5H2,1H3. The van der Waals surface area contributed by atoms with E-state index in [2.05, 4.69) is 0 Å². The minimum absolute atomic E-state index is 0.0135. The molecule has 1 aromatic carbocycles. The van der Waals surface area contributed by atoms with Crippen LogP contribution in [0.25, 0.3) is 0 Å². The lowest BCUT2D eigenvalue weighted by atomic mass is 10.0. The Labute approximate surface area is 89.7 Å². The molecule has 0 radical (unpaired) electrons. The Balaban J connectivity index is 3.45. The average molecular weight is 231 g/mol. The number of nitrogens with zero attached hydrogens (tertiary/aromatic N) is 1. The molecule has 0 spiro atoms. The normalized spacial score (nSPS) is 11.0. The molecular weight excluding hydrogens is 223 g/mol. The van der Waals surface area contributed by atoms with Gasteiger partial charge in [0.05, 0.1) is 24.8 Å². The third kappa shape index (κ3) is 2.25. The maximum absolute atomic E-state index is 12.5. The van der Waals surface area contributed by atoms with Gasteiger partial charge in [0.1, 0.15) is 11.8 Å². The molecule has 0 saturated carbocycles. The summed E-state index contributed by atoms with van der Waals surface area (Å²) in [6, 6.07) is 3.29. The molecule has 1 rings (SSSR count). The molecule has 0 unspecified atom stereocenters. The zero-order valence-electron chi connectivity index (χ0n) is 8.30. The summed E-state index contributed by atoms with van der Waals surface area (Å²) >= 11 is 0. The second kappa shape index (κ2) is 4.41. The van der Waals surface area contributed by atoms with Crippen molar-refractivity contribution in [2.45, 2.75) is 12.8 Å². The van der Waals surface area contributed by atoms with E-state index in [1.54, 1.807) is 6.07 Å². The number of hydrogen-bond donors (Lipinski definition) is 1. The minimum Gasteiger partial charge on any atom is -0.495 e. The summed E-state index contributed by atoms with van der Waals surface area (Å²) in [7, 11) is 1.24. The van der Waals surface area contributed by atoms with Crippen LogP contribution < -0.4 is 4.74 Å². The number of halogens is 3. The number of aliphatic hydroxyl groups is 1. The highest BCUT2D eigenvalue weighted by Gasteiger charge is 2.34. The number of alkyl halides is 3. The topological polar surface area (TPSA) is 53.2 Å². The molecule has 0 aliphatic rings. The quantitative estimate of drug-likeness (QED) is 0.847. The second-order valence-electron chi connectivity index (χ2n) is 2.98. The summed E-state index contributed by atoms with van der Waals surface area (Å²) in [5, 5.41) is 17.5. The Hall–Kier alpha value is -1.74. The van der Waals surface area contributed by atoms with Crippen molar-refractivity contribution in [1.82, 2.24) is 0 Å². The molecule has 0 aromatic heterocycles. The van der Waals surface area contributed by atoms with Crippen LogP contribution in [0.3, 0.4) is 0 Å². The van der Waals surface area contributed by atoms with Gasteiger partial charge in [-0.25, -0.2) is 0 Å². The SMILES string of the molecule is COc1cc(CO)c(C(F)(F)F)cc1C#N. The van der Waals surface area contributed by atoms with Crippen LogP contribution >= 0.6 is 0 Å². The zero-order valence-corrected chi connectivity index (χ0v) is 8.30. The van der Waals surface area contributed by atoms with E-state index >= 15 is 0 Å². The lowest BCUT2D eigenvalue weighted by Crippen LogP contribution is -2.10. The Morgan fingerprint density at radius 1 is 1.44 bits per heavy atom. The van der Waals surface area contributed by atoms with Crippen molar-refractivity contribution in [2.24, 2.45) is 0 Å². The van der Waals surface area contributed by atoms with Crippen LogP contribution in [0.5, 0.6) is 5.75 Å². The van der Waals surface area contributed by atoms with E-state index in [4.69, 9.17) is 15.1 Å². The Kier molecular flexibility index (Phi) is 3.40. The molecule has 0 aliphatic carbocycles. The number of aliphatic hydroxyl groups excluding tert-OH is 1. The first-order valence-corrected chi connectivity index (χ1v) is 4.23. The summed E-state index contributed by atoms with van der Waals surface area (Å²) in [5.41, 5.74) is -1.55. The second-order valence-corrected chi connectivity index (χ2v) is 2.98. The van der Waals surface area contributed by atoms with Gasteiger partial charge in [-0.2, -0.15) is 18.4 Å². The molecule has 0 amide bonds. The van der Waals surface area contributed by atoms with E-state index in [9.17, 15) is 13.2 Å². The van der Waals surface area contributed by atoms with Gasteiger partial charge >= 0.3 is 6.18 Å². The van der Waals surface area contributed by atoms with Crippen molar-refractivity contribution in [1.29, 1.82) is 5.26 Å². The van der Waals surface area contributed by atoms with Crippen molar-refractivity contribution >= 4 is 0 Å². The smallest absolute Gasteiger partial charge is 0.416 e.